The highest BCUT2D eigenvalue weighted by atomic mass is 79.9. The smallest absolute Gasteiger partial charge is 0.355 e. The molecule has 0 aliphatic rings. The van der Waals surface area contributed by atoms with Gasteiger partial charge in [0.05, 0.1) is 19.6 Å². The largest absolute Gasteiger partial charge is 1.00 e. The molecule has 0 radical (unpaired) electrons. The van der Waals surface area contributed by atoms with Crippen molar-refractivity contribution in [2.24, 2.45) is 0 Å². The van der Waals surface area contributed by atoms with Gasteiger partial charge in [0.2, 0.25) is 5.75 Å². The number of hydrogen-bond acceptors (Lipinski definition) is 2. The average Bonchev–Trinajstić information content (AvgIpc) is 1.65. The Labute approximate surface area is 69.1 Å². The first-order valence-electron chi connectivity index (χ1n) is 2.28. The van der Waals surface area contributed by atoms with Crippen LogP contribution in [0.5, 0.6) is 0 Å². The second-order valence-electron chi connectivity index (χ2n) is 1.71. The topological polar surface area (TPSA) is 26.3 Å². The van der Waals surface area contributed by atoms with E-state index in [1.165, 1.54) is 7.11 Å². The van der Waals surface area contributed by atoms with Gasteiger partial charge in [0.15, 0.2) is 0 Å². The van der Waals surface area contributed by atoms with Gasteiger partial charge in [0, 0.05) is 0 Å². The Morgan fingerprint density at radius 2 is 2.00 bits per heavy atom. The molecule has 0 saturated carbocycles. The number of esters is 1. The molecule has 0 aromatic carbocycles. The molecule has 0 aromatic heterocycles. The van der Waals surface area contributed by atoms with Crippen molar-refractivity contribution < 1.29 is 26.5 Å². The summed E-state index contributed by atoms with van der Waals surface area (Å²) < 4.78 is 4.43. The molecule has 56 valence electrons. The summed E-state index contributed by atoms with van der Waals surface area (Å²) in [6.07, 6.45) is 4.02. The zero-order valence-electron chi connectivity index (χ0n) is 5.81. The molecule has 0 saturated heterocycles. The number of halogens is 1. The molecule has 0 bridgehead atoms. The molecule has 0 atom stereocenters. The van der Waals surface area contributed by atoms with E-state index in [0.717, 1.165) is 0 Å². The quantitative estimate of drug-likeness (QED) is 0.363. The minimum Gasteiger partial charge on any atom is -1.00 e. The molecule has 0 spiro atoms. The molecule has 0 rings (SSSR count). The summed E-state index contributed by atoms with van der Waals surface area (Å²) in [5.41, 5.74) is 0. The summed E-state index contributed by atoms with van der Waals surface area (Å²) in [4.78, 5) is 10.4. The highest BCUT2D eigenvalue weighted by Crippen LogP contribution is 1.84. The summed E-state index contributed by atoms with van der Waals surface area (Å²) >= 11 is 0. The van der Waals surface area contributed by atoms with E-state index in [1.54, 1.807) is 0 Å². The Balaban J connectivity index is 0. The monoisotopic (exact) mass is 214 g/mol. The van der Waals surface area contributed by atoms with Gasteiger partial charge in [-0.05, 0) is 10.9 Å². The summed E-state index contributed by atoms with van der Waals surface area (Å²) in [6, 6.07) is 0. The molecule has 0 N–H and O–H groups in total. The van der Waals surface area contributed by atoms with Crippen molar-refractivity contribution in [3.8, 4) is 0 Å². The lowest BCUT2D eigenvalue weighted by atomic mass is 10.8. The van der Waals surface area contributed by atoms with Gasteiger partial charge in [-0.15, -0.1) is 0 Å². The molecular formula is C5H11BrO2S. The van der Waals surface area contributed by atoms with Crippen LogP contribution in [0.15, 0.2) is 0 Å². The fourth-order valence-electron chi connectivity index (χ4n) is 0.295. The maximum Gasteiger partial charge on any atom is 0.355 e. The van der Waals surface area contributed by atoms with Crippen LogP contribution in [-0.2, 0) is 20.4 Å². The van der Waals surface area contributed by atoms with Crippen molar-refractivity contribution in [1.29, 1.82) is 0 Å². The minimum atomic E-state index is -0.113. The first kappa shape index (κ1) is 12.0. The van der Waals surface area contributed by atoms with E-state index < -0.39 is 0 Å². The van der Waals surface area contributed by atoms with Gasteiger partial charge in [-0.2, -0.15) is 0 Å². The number of carbonyl (C=O) groups excluding carboxylic acids is 1. The van der Waals surface area contributed by atoms with Crippen LogP contribution < -0.4 is 17.0 Å². The maximum atomic E-state index is 10.4. The third-order valence-electron chi connectivity index (χ3n) is 0.634. The van der Waals surface area contributed by atoms with Crippen LogP contribution in [0.2, 0.25) is 0 Å². The average molecular weight is 215 g/mol. The number of carbonyl (C=O) groups is 1. The standard InChI is InChI=1S/C5H11O2S.BrH/c1-7-5(6)4-8(2)3;/h4H2,1-3H3;1H/q+1;/p-1. The molecule has 0 heterocycles. The van der Waals surface area contributed by atoms with E-state index in [4.69, 9.17) is 0 Å². The molecule has 0 aromatic rings. The van der Waals surface area contributed by atoms with Gasteiger partial charge in [-0.3, -0.25) is 0 Å². The van der Waals surface area contributed by atoms with E-state index in [9.17, 15) is 4.79 Å². The molecule has 0 amide bonds. The first-order valence-corrected chi connectivity index (χ1v) is 4.49. The lowest BCUT2D eigenvalue weighted by Gasteiger charge is -1.93. The van der Waals surface area contributed by atoms with Crippen LogP contribution in [0.4, 0.5) is 0 Å². The van der Waals surface area contributed by atoms with E-state index >= 15 is 0 Å². The van der Waals surface area contributed by atoms with Gasteiger partial charge < -0.3 is 21.7 Å². The van der Waals surface area contributed by atoms with Crippen LogP contribution in [0, 0.1) is 0 Å². The normalized spacial score (nSPS) is 8.44. The van der Waals surface area contributed by atoms with Crippen molar-refractivity contribution >= 4 is 16.9 Å². The van der Waals surface area contributed by atoms with Gasteiger partial charge in [-0.25, -0.2) is 4.79 Å². The van der Waals surface area contributed by atoms with E-state index in [2.05, 4.69) is 4.74 Å². The fraction of sp³-hybridized carbons (Fsp3) is 0.800. The Morgan fingerprint density at radius 3 is 2.11 bits per heavy atom. The molecule has 0 aliphatic heterocycles. The van der Waals surface area contributed by atoms with Crippen molar-refractivity contribution in [3.05, 3.63) is 0 Å². The van der Waals surface area contributed by atoms with Crippen LogP contribution in [-0.4, -0.2) is 31.3 Å². The van der Waals surface area contributed by atoms with Crippen molar-refractivity contribution in [2.45, 2.75) is 0 Å². The van der Waals surface area contributed by atoms with Gasteiger partial charge in [0.25, 0.3) is 0 Å². The summed E-state index contributed by atoms with van der Waals surface area (Å²) in [7, 11) is 1.59. The molecule has 0 unspecified atom stereocenters. The van der Waals surface area contributed by atoms with Crippen LogP contribution in [0.3, 0.4) is 0 Å². The zero-order valence-corrected chi connectivity index (χ0v) is 8.21. The molecule has 9 heavy (non-hydrogen) atoms. The number of ether oxygens (including phenoxy) is 1. The Bertz CT molecular complexity index is 85.0. The minimum absolute atomic E-state index is 0. The van der Waals surface area contributed by atoms with Crippen LogP contribution in [0.1, 0.15) is 0 Å². The zero-order chi connectivity index (χ0) is 6.57. The number of rotatable bonds is 2. The SMILES string of the molecule is COC(=O)C[S+](C)C.[Br-]. The van der Waals surface area contributed by atoms with Gasteiger partial charge in [0.1, 0.15) is 0 Å². The highest BCUT2D eigenvalue weighted by Gasteiger charge is 2.09. The second kappa shape index (κ2) is 6.42. The van der Waals surface area contributed by atoms with Crippen molar-refractivity contribution in [2.75, 3.05) is 25.4 Å². The summed E-state index contributed by atoms with van der Waals surface area (Å²) in [6.45, 7) is 0. The van der Waals surface area contributed by atoms with Crippen molar-refractivity contribution in [3.63, 3.8) is 0 Å². The summed E-state index contributed by atoms with van der Waals surface area (Å²) in [5, 5.41) is 0. The molecule has 4 heteroatoms. The van der Waals surface area contributed by atoms with E-state index in [1.807, 2.05) is 12.5 Å². The third kappa shape index (κ3) is 8.30. The molecule has 0 aliphatic carbocycles. The maximum absolute atomic E-state index is 10.4. The third-order valence-corrected chi connectivity index (χ3v) is 1.45. The number of hydrogen-bond donors (Lipinski definition) is 0. The fourth-order valence-corrected chi connectivity index (χ4v) is 0.884. The van der Waals surface area contributed by atoms with Crippen LogP contribution >= 0.6 is 0 Å². The molecule has 0 fully saturated rings. The van der Waals surface area contributed by atoms with Gasteiger partial charge >= 0.3 is 5.97 Å². The molecule has 2 nitrogen and oxygen atoms in total. The number of methoxy groups -OCH3 is 1. The van der Waals surface area contributed by atoms with Gasteiger partial charge in [-0.1, -0.05) is 0 Å². The first-order chi connectivity index (χ1) is 3.66. The predicted octanol–water partition coefficient (Wildman–Crippen LogP) is -2.96. The van der Waals surface area contributed by atoms with E-state index in [-0.39, 0.29) is 33.8 Å². The Hall–Kier alpha value is 0.300. The van der Waals surface area contributed by atoms with Crippen molar-refractivity contribution in [1.82, 2.24) is 0 Å². The highest BCUT2D eigenvalue weighted by molar-refractivity contribution is 7.96. The summed E-state index contributed by atoms with van der Waals surface area (Å²) in [5.74, 6) is 0.439. The molecular weight excluding hydrogens is 204 g/mol. The second-order valence-corrected chi connectivity index (χ2v) is 3.97. The van der Waals surface area contributed by atoms with Crippen LogP contribution in [0.25, 0.3) is 0 Å². The Kier molecular flexibility index (Phi) is 8.58. The van der Waals surface area contributed by atoms with E-state index in [0.29, 0.717) is 5.75 Å². The lowest BCUT2D eigenvalue weighted by Crippen LogP contribution is -3.00. The Morgan fingerprint density at radius 1 is 1.56 bits per heavy atom. The predicted molar refractivity (Wildman–Crippen MR) is 36.1 cm³/mol. The lowest BCUT2D eigenvalue weighted by molar-refractivity contribution is -0.137.